The number of nitrogens with one attached hydrogen (secondary N) is 1. The van der Waals surface area contributed by atoms with E-state index in [0.29, 0.717) is 18.9 Å². The highest BCUT2D eigenvalue weighted by molar-refractivity contribution is 5.80. The summed E-state index contributed by atoms with van der Waals surface area (Å²) in [5, 5.41) is 0. The van der Waals surface area contributed by atoms with Crippen LogP contribution in [0.2, 0.25) is 0 Å². The van der Waals surface area contributed by atoms with Crippen LogP contribution in [0.15, 0.2) is 30.3 Å². The molecule has 0 saturated carbocycles. The Bertz CT molecular complexity index is 339. The van der Waals surface area contributed by atoms with E-state index in [1.807, 2.05) is 44.2 Å². The highest BCUT2D eigenvalue weighted by Gasteiger charge is 2.14. The van der Waals surface area contributed by atoms with Gasteiger partial charge in [0.2, 0.25) is 0 Å². The Morgan fingerprint density at radius 3 is 2.59 bits per heavy atom. The van der Waals surface area contributed by atoms with Crippen LogP contribution >= 0.6 is 0 Å². The van der Waals surface area contributed by atoms with Crippen LogP contribution in [0.1, 0.15) is 25.8 Å². The van der Waals surface area contributed by atoms with Crippen molar-refractivity contribution in [2.75, 3.05) is 0 Å². The lowest BCUT2D eigenvalue weighted by atomic mass is 10.0. The second kappa shape index (κ2) is 7.04. The van der Waals surface area contributed by atoms with Gasteiger partial charge in [-0.1, -0.05) is 44.2 Å². The maximum absolute atomic E-state index is 11.5. The zero-order valence-electron chi connectivity index (χ0n) is 10.3. The van der Waals surface area contributed by atoms with Crippen LogP contribution < -0.4 is 11.2 Å². The Morgan fingerprint density at radius 2 is 2.00 bits per heavy atom. The van der Waals surface area contributed by atoms with Crippen molar-refractivity contribution in [1.29, 1.82) is 0 Å². The second-order valence-corrected chi connectivity index (χ2v) is 4.48. The zero-order valence-corrected chi connectivity index (χ0v) is 10.3. The molecule has 0 aliphatic carbocycles. The Kier molecular flexibility index (Phi) is 5.66. The van der Waals surface area contributed by atoms with E-state index in [1.165, 1.54) is 0 Å². The summed E-state index contributed by atoms with van der Waals surface area (Å²) < 4.78 is 0. The average molecular weight is 236 g/mol. The summed E-state index contributed by atoms with van der Waals surface area (Å²) in [6.07, 6.45) is 0.653. The number of rotatable bonds is 6. The molecule has 1 rings (SSSR count). The number of hydroxylamine groups is 1. The van der Waals surface area contributed by atoms with Gasteiger partial charge in [-0.3, -0.25) is 9.63 Å². The topological polar surface area (TPSA) is 64.4 Å². The molecule has 1 aromatic carbocycles. The molecule has 1 aromatic rings. The van der Waals surface area contributed by atoms with E-state index in [1.54, 1.807) is 0 Å². The van der Waals surface area contributed by atoms with Crippen LogP contribution in [-0.2, 0) is 16.2 Å². The first-order valence-corrected chi connectivity index (χ1v) is 5.80. The van der Waals surface area contributed by atoms with Crippen LogP contribution in [0.25, 0.3) is 0 Å². The number of hydrogen-bond acceptors (Lipinski definition) is 3. The Hall–Kier alpha value is -1.39. The van der Waals surface area contributed by atoms with Crippen molar-refractivity contribution < 1.29 is 9.63 Å². The van der Waals surface area contributed by atoms with Crippen LogP contribution in [-0.4, -0.2) is 11.9 Å². The van der Waals surface area contributed by atoms with Gasteiger partial charge in [0.1, 0.15) is 0 Å². The highest BCUT2D eigenvalue weighted by atomic mass is 16.6. The summed E-state index contributed by atoms with van der Waals surface area (Å²) in [5.74, 6) is 0.125. The first-order chi connectivity index (χ1) is 8.09. The largest absolute Gasteiger partial charge is 0.320 e. The minimum atomic E-state index is -0.509. The maximum Gasteiger partial charge on any atom is 0.260 e. The number of amides is 1. The van der Waals surface area contributed by atoms with Crippen LogP contribution in [0.4, 0.5) is 0 Å². The molecule has 0 heterocycles. The molecule has 0 radical (unpaired) electrons. The molecule has 0 saturated heterocycles. The van der Waals surface area contributed by atoms with Crippen LogP contribution in [0.5, 0.6) is 0 Å². The lowest BCUT2D eigenvalue weighted by Crippen LogP contribution is -2.41. The minimum absolute atomic E-state index is 0.269. The zero-order chi connectivity index (χ0) is 12.7. The first kappa shape index (κ1) is 13.7. The lowest BCUT2D eigenvalue weighted by molar-refractivity contribution is -0.136. The summed E-state index contributed by atoms with van der Waals surface area (Å²) in [5.41, 5.74) is 9.08. The molecular weight excluding hydrogens is 216 g/mol. The van der Waals surface area contributed by atoms with E-state index in [0.717, 1.165) is 5.56 Å². The fourth-order valence-electron chi connectivity index (χ4n) is 1.46. The third-order valence-electron chi connectivity index (χ3n) is 2.32. The summed E-state index contributed by atoms with van der Waals surface area (Å²) in [4.78, 5) is 16.6. The van der Waals surface area contributed by atoms with Gasteiger partial charge >= 0.3 is 0 Å². The Labute approximate surface area is 102 Å². The minimum Gasteiger partial charge on any atom is -0.320 e. The first-order valence-electron chi connectivity index (χ1n) is 5.80. The smallest absolute Gasteiger partial charge is 0.260 e. The van der Waals surface area contributed by atoms with Crippen LogP contribution in [0.3, 0.4) is 0 Å². The van der Waals surface area contributed by atoms with Gasteiger partial charge < -0.3 is 5.73 Å². The molecule has 0 aliphatic rings. The molecule has 0 bridgehead atoms. The standard InChI is InChI=1S/C13H20N2O2/c1-10(2)8-12(14)13(16)15-17-9-11-6-4-3-5-7-11/h3-7,10,12H,8-9,14H2,1-2H3,(H,15,16)/t12-/m0/s1. The van der Waals surface area contributed by atoms with Crippen molar-refractivity contribution >= 4 is 5.91 Å². The predicted octanol–water partition coefficient (Wildman–Crippen LogP) is 1.61. The van der Waals surface area contributed by atoms with Gasteiger partial charge in [-0.2, -0.15) is 0 Å². The lowest BCUT2D eigenvalue weighted by Gasteiger charge is -2.13. The van der Waals surface area contributed by atoms with E-state index in [4.69, 9.17) is 10.6 Å². The second-order valence-electron chi connectivity index (χ2n) is 4.48. The van der Waals surface area contributed by atoms with E-state index in [-0.39, 0.29) is 5.91 Å². The maximum atomic E-state index is 11.5. The van der Waals surface area contributed by atoms with Gasteiger partial charge in [0.15, 0.2) is 0 Å². The highest BCUT2D eigenvalue weighted by Crippen LogP contribution is 2.03. The molecule has 94 valence electrons. The molecule has 4 nitrogen and oxygen atoms in total. The third kappa shape index (κ3) is 5.47. The molecular formula is C13H20N2O2. The SMILES string of the molecule is CC(C)C[C@H](N)C(=O)NOCc1ccccc1. The van der Waals surface area contributed by atoms with E-state index < -0.39 is 6.04 Å². The molecule has 17 heavy (non-hydrogen) atoms. The van der Waals surface area contributed by atoms with Gasteiger partial charge in [0.25, 0.3) is 5.91 Å². The molecule has 0 aromatic heterocycles. The number of carbonyl (C=O) groups is 1. The van der Waals surface area contributed by atoms with E-state index in [9.17, 15) is 4.79 Å². The molecule has 0 spiro atoms. The summed E-state index contributed by atoms with van der Waals surface area (Å²) in [7, 11) is 0. The predicted molar refractivity (Wildman–Crippen MR) is 66.8 cm³/mol. The number of nitrogens with two attached hydrogens (primary N) is 1. The Morgan fingerprint density at radius 1 is 1.35 bits per heavy atom. The van der Waals surface area contributed by atoms with Crippen molar-refractivity contribution in [2.45, 2.75) is 32.9 Å². The molecule has 0 fully saturated rings. The fraction of sp³-hybridized carbons (Fsp3) is 0.462. The number of hydrogen-bond donors (Lipinski definition) is 2. The molecule has 0 unspecified atom stereocenters. The number of benzene rings is 1. The van der Waals surface area contributed by atoms with Crippen molar-refractivity contribution in [3.63, 3.8) is 0 Å². The summed E-state index contributed by atoms with van der Waals surface area (Å²) in [6.45, 7) is 4.40. The third-order valence-corrected chi connectivity index (χ3v) is 2.32. The van der Waals surface area contributed by atoms with Gasteiger partial charge in [-0.15, -0.1) is 0 Å². The Balaban J connectivity index is 2.24. The average Bonchev–Trinajstić information content (AvgIpc) is 2.29. The molecule has 3 N–H and O–H groups in total. The van der Waals surface area contributed by atoms with Crippen molar-refractivity contribution in [3.05, 3.63) is 35.9 Å². The van der Waals surface area contributed by atoms with Crippen molar-refractivity contribution in [2.24, 2.45) is 11.7 Å². The summed E-state index contributed by atoms with van der Waals surface area (Å²) >= 11 is 0. The fourth-order valence-corrected chi connectivity index (χ4v) is 1.46. The molecule has 1 atom stereocenters. The quantitative estimate of drug-likeness (QED) is 0.737. The summed E-state index contributed by atoms with van der Waals surface area (Å²) in [6, 6.07) is 9.13. The van der Waals surface area contributed by atoms with Gasteiger partial charge in [0.05, 0.1) is 12.6 Å². The molecule has 0 aliphatic heterocycles. The van der Waals surface area contributed by atoms with Gasteiger partial charge in [-0.25, -0.2) is 5.48 Å². The molecule has 1 amide bonds. The van der Waals surface area contributed by atoms with Crippen LogP contribution in [0, 0.1) is 5.92 Å². The van der Waals surface area contributed by atoms with Crippen molar-refractivity contribution in [1.82, 2.24) is 5.48 Å². The number of carbonyl (C=O) groups excluding carboxylic acids is 1. The van der Waals surface area contributed by atoms with E-state index >= 15 is 0 Å². The normalized spacial score (nSPS) is 12.5. The van der Waals surface area contributed by atoms with E-state index in [2.05, 4.69) is 5.48 Å². The van der Waals surface area contributed by atoms with Gasteiger partial charge in [0, 0.05) is 0 Å². The van der Waals surface area contributed by atoms with Crippen molar-refractivity contribution in [3.8, 4) is 0 Å². The monoisotopic (exact) mass is 236 g/mol. The van der Waals surface area contributed by atoms with Gasteiger partial charge in [-0.05, 0) is 17.9 Å². The molecule has 4 heteroatoms.